The van der Waals surface area contributed by atoms with E-state index in [1.54, 1.807) is 13.2 Å². The Kier molecular flexibility index (Phi) is 9.73. The highest BCUT2D eigenvalue weighted by Crippen LogP contribution is 2.33. The van der Waals surface area contributed by atoms with Gasteiger partial charge in [0.15, 0.2) is 0 Å². The Morgan fingerprint density at radius 2 is 1.50 bits per heavy atom. The lowest BCUT2D eigenvalue weighted by Gasteiger charge is -2.16. The van der Waals surface area contributed by atoms with E-state index in [9.17, 15) is 9.90 Å². The number of fused-ring (bicyclic) bond motifs is 1. The van der Waals surface area contributed by atoms with E-state index in [2.05, 4.69) is 58.1 Å². The topological polar surface area (TPSA) is 100 Å². The average Bonchev–Trinajstić information content (AvgIpc) is 3.10. The highest BCUT2D eigenvalue weighted by atomic mass is 16.5. The highest BCUT2D eigenvalue weighted by Gasteiger charge is 2.16. The second-order valence-electron chi connectivity index (χ2n) is 11.2. The fourth-order valence-electron chi connectivity index (χ4n) is 5.62. The number of benzene rings is 5. The number of anilines is 2. The molecule has 1 heterocycles. The summed E-state index contributed by atoms with van der Waals surface area (Å²) in [6, 6.07) is 41.6. The van der Waals surface area contributed by atoms with E-state index >= 15 is 0 Å². The fourth-order valence-corrected chi connectivity index (χ4v) is 5.62. The molecule has 0 unspecified atom stereocenters. The number of hydrogen-bond donors (Lipinski definition) is 4. The van der Waals surface area contributed by atoms with Crippen molar-refractivity contribution >= 4 is 22.3 Å². The van der Waals surface area contributed by atoms with Crippen molar-refractivity contribution in [2.75, 3.05) is 25.5 Å². The van der Waals surface area contributed by atoms with Crippen molar-refractivity contribution < 1.29 is 19.9 Å². The van der Waals surface area contributed by atoms with Crippen molar-refractivity contribution in [2.45, 2.75) is 19.1 Å². The van der Waals surface area contributed by atoms with Gasteiger partial charge in [0.1, 0.15) is 30.8 Å². The molecule has 0 aliphatic carbocycles. The van der Waals surface area contributed by atoms with Gasteiger partial charge in [0.05, 0.1) is 19.2 Å². The van der Waals surface area contributed by atoms with Gasteiger partial charge in [0, 0.05) is 34.8 Å². The summed E-state index contributed by atoms with van der Waals surface area (Å²) in [4.78, 5) is 15.1. The standard InChI is InChI=1S/C39H37N3O4/c1-45-36-19-16-31(24-34(36)29-10-6-3-7-11-29)41-30-14-12-27(13-15-30)22-23-40-25-35(43)32-17-20-37(39-33(32)18-21-38(44)42-39)46-26-28-8-4-2-5-9-28/h2-21,24,35,40-41,43H,22-23,25-26H2,1H3,(H,42,44)/p+1/t35-/m0/s1. The Morgan fingerprint density at radius 3 is 2.26 bits per heavy atom. The van der Waals surface area contributed by atoms with Gasteiger partial charge in [-0.1, -0.05) is 78.9 Å². The number of aromatic nitrogens is 1. The number of pyridine rings is 1. The second-order valence-corrected chi connectivity index (χ2v) is 11.2. The lowest BCUT2D eigenvalue weighted by molar-refractivity contribution is -0.661. The minimum Gasteiger partial charge on any atom is -0.496 e. The highest BCUT2D eigenvalue weighted by molar-refractivity contribution is 5.87. The summed E-state index contributed by atoms with van der Waals surface area (Å²) in [5, 5.41) is 17.5. The maximum Gasteiger partial charge on any atom is 0.248 e. The van der Waals surface area contributed by atoms with Crippen LogP contribution in [0.4, 0.5) is 11.4 Å². The van der Waals surface area contributed by atoms with Gasteiger partial charge in [-0.25, -0.2) is 0 Å². The average molecular weight is 613 g/mol. The van der Waals surface area contributed by atoms with Crippen LogP contribution < -0.4 is 25.7 Å². The lowest BCUT2D eigenvalue weighted by Crippen LogP contribution is -2.85. The van der Waals surface area contributed by atoms with Crippen LogP contribution in [0.3, 0.4) is 0 Å². The number of hydrogen-bond acceptors (Lipinski definition) is 5. The molecule has 0 bridgehead atoms. The molecule has 7 nitrogen and oxygen atoms in total. The Hall–Kier alpha value is -5.37. The normalized spacial score (nSPS) is 11.7. The Bertz CT molecular complexity index is 1940. The zero-order valence-corrected chi connectivity index (χ0v) is 25.8. The molecule has 0 aliphatic heterocycles. The molecular weight excluding hydrogens is 574 g/mol. The van der Waals surface area contributed by atoms with Crippen LogP contribution in [0.1, 0.15) is 22.8 Å². The maximum atomic E-state index is 12.2. The van der Waals surface area contributed by atoms with Crippen LogP contribution in [-0.4, -0.2) is 30.3 Å². The number of rotatable bonds is 13. The minimum absolute atomic E-state index is 0.211. The number of H-pyrrole nitrogens is 1. The number of ether oxygens (including phenoxy) is 2. The van der Waals surface area contributed by atoms with E-state index in [0.29, 0.717) is 24.4 Å². The summed E-state index contributed by atoms with van der Waals surface area (Å²) >= 11 is 0. The van der Waals surface area contributed by atoms with Crippen molar-refractivity contribution in [1.82, 2.24) is 4.98 Å². The molecule has 7 heteroatoms. The predicted molar refractivity (Wildman–Crippen MR) is 184 cm³/mol. The van der Waals surface area contributed by atoms with Crippen molar-refractivity contribution in [3.8, 4) is 22.6 Å². The molecule has 5 N–H and O–H groups in total. The molecule has 0 fully saturated rings. The first kappa shape index (κ1) is 30.6. The smallest absolute Gasteiger partial charge is 0.248 e. The molecule has 6 rings (SSSR count). The fraction of sp³-hybridized carbons (Fsp3) is 0.154. The lowest BCUT2D eigenvalue weighted by atomic mass is 10.0. The van der Waals surface area contributed by atoms with Crippen molar-refractivity contribution in [1.29, 1.82) is 0 Å². The van der Waals surface area contributed by atoms with E-state index in [1.807, 2.05) is 72.8 Å². The summed E-state index contributed by atoms with van der Waals surface area (Å²) < 4.78 is 11.6. The van der Waals surface area contributed by atoms with Gasteiger partial charge < -0.3 is 30.2 Å². The Morgan fingerprint density at radius 1 is 0.783 bits per heavy atom. The monoisotopic (exact) mass is 612 g/mol. The van der Waals surface area contributed by atoms with Crippen LogP contribution in [0.25, 0.3) is 22.0 Å². The van der Waals surface area contributed by atoms with Gasteiger partial charge in [-0.15, -0.1) is 0 Å². The third-order valence-corrected chi connectivity index (χ3v) is 8.04. The molecule has 232 valence electrons. The van der Waals surface area contributed by atoms with Gasteiger partial charge in [0.25, 0.3) is 0 Å². The van der Waals surface area contributed by atoms with Crippen LogP contribution >= 0.6 is 0 Å². The van der Waals surface area contributed by atoms with Gasteiger partial charge in [-0.05, 0) is 64.7 Å². The van der Waals surface area contributed by atoms with Crippen molar-refractivity contribution in [3.63, 3.8) is 0 Å². The molecule has 0 aliphatic rings. The second kappa shape index (κ2) is 14.6. The first-order valence-corrected chi connectivity index (χ1v) is 15.5. The van der Waals surface area contributed by atoms with Crippen LogP contribution in [0.5, 0.6) is 11.5 Å². The van der Waals surface area contributed by atoms with Crippen molar-refractivity contribution in [2.24, 2.45) is 0 Å². The Balaban J connectivity index is 1.04. The summed E-state index contributed by atoms with van der Waals surface area (Å²) in [5.41, 5.74) is 7.54. The third kappa shape index (κ3) is 7.46. The number of aliphatic hydroxyl groups is 1. The zero-order chi connectivity index (χ0) is 31.7. The number of nitrogens with one attached hydrogen (secondary N) is 2. The summed E-state index contributed by atoms with van der Waals surface area (Å²) in [6.45, 7) is 1.71. The van der Waals surface area contributed by atoms with E-state index in [0.717, 1.165) is 57.7 Å². The van der Waals surface area contributed by atoms with Gasteiger partial charge in [0.2, 0.25) is 5.56 Å². The van der Waals surface area contributed by atoms with Crippen LogP contribution in [0.2, 0.25) is 0 Å². The number of quaternary nitrogens is 1. The molecule has 1 aromatic heterocycles. The van der Waals surface area contributed by atoms with Gasteiger partial charge >= 0.3 is 0 Å². The third-order valence-electron chi connectivity index (χ3n) is 8.04. The molecule has 46 heavy (non-hydrogen) atoms. The molecular formula is C39H38N3O4+. The molecule has 0 amide bonds. The number of methoxy groups -OCH3 is 1. The SMILES string of the molecule is COc1ccc(Nc2ccc(CC[NH2+]C[C@H](O)c3ccc(OCc4ccccc4)c4[nH]c(=O)ccc34)cc2)cc1-c1ccccc1. The molecule has 6 aromatic rings. The quantitative estimate of drug-likeness (QED) is 0.114. The molecule has 0 saturated carbocycles. The molecule has 0 spiro atoms. The van der Waals surface area contributed by atoms with E-state index in [4.69, 9.17) is 9.47 Å². The zero-order valence-electron chi connectivity index (χ0n) is 25.8. The van der Waals surface area contributed by atoms with Crippen LogP contribution in [-0.2, 0) is 13.0 Å². The summed E-state index contributed by atoms with van der Waals surface area (Å²) in [6.07, 6.45) is 0.169. The van der Waals surface area contributed by atoms with Gasteiger partial charge in [-0.3, -0.25) is 4.79 Å². The van der Waals surface area contributed by atoms with E-state index in [1.165, 1.54) is 11.6 Å². The number of aliphatic hydroxyl groups excluding tert-OH is 1. The molecule has 0 saturated heterocycles. The van der Waals surface area contributed by atoms with E-state index in [-0.39, 0.29) is 5.56 Å². The minimum atomic E-state index is -0.701. The first-order chi connectivity index (χ1) is 22.6. The van der Waals surface area contributed by atoms with Gasteiger partial charge in [-0.2, -0.15) is 0 Å². The number of aromatic amines is 1. The number of nitrogens with two attached hydrogens (primary N) is 1. The van der Waals surface area contributed by atoms with Crippen molar-refractivity contribution in [3.05, 3.63) is 154 Å². The molecule has 5 aromatic carbocycles. The summed E-state index contributed by atoms with van der Waals surface area (Å²) in [7, 11) is 1.69. The molecule has 1 atom stereocenters. The van der Waals surface area contributed by atoms with E-state index < -0.39 is 6.10 Å². The van der Waals surface area contributed by atoms with Crippen LogP contribution in [0, 0.1) is 0 Å². The maximum absolute atomic E-state index is 12.2. The van der Waals surface area contributed by atoms with Crippen LogP contribution in [0.15, 0.2) is 132 Å². The summed E-state index contributed by atoms with van der Waals surface area (Å²) in [5.74, 6) is 1.42. The predicted octanol–water partition coefficient (Wildman–Crippen LogP) is 6.37. The first-order valence-electron chi connectivity index (χ1n) is 15.5. The molecule has 0 radical (unpaired) electrons. The Labute approximate surface area is 268 Å². The largest absolute Gasteiger partial charge is 0.496 e.